The number of benzene rings is 1. The summed E-state index contributed by atoms with van der Waals surface area (Å²) in [6.07, 6.45) is 5.20. The average molecular weight is 335 g/mol. The molecule has 0 spiro atoms. The molecular weight excluding hydrogens is 324 g/mol. The molecule has 0 radical (unpaired) electrons. The van der Waals surface area contributed by atoms with Crippen LogP contribution in [-0.2, 0) is 0 Å². The van der Waals surface area contributed by atoms with Gasteiger partial charge in [0.1, 0.15) is 0 Å². The second kappa shape index (κ2) is 6.17. The molecule has 4 rings (SSSR count). The van der Waals surface area contributed by atoms with Gasteiger partial charge in [-0.3, -0.25) is 4.98 Å². The number of aromatic nitrogens is 6. The number of hydrogen-bond donors (Lipinski definition) is 0. The van der Waals surface area contributed by atoms with Crippen LogP contribution in [0, 0.1) is 0 Å². The molecule has 3 heterocycles. The lowest BCUT2D eigenvalue weighted by molar-refractivity contribution is 0.701. The molecule has 3 aromatic heterocycles. The molecule has 0 bridgehead atoms. The van der Waals surface area contributed by atoms with E-state index in [0.29, 0.717) is 16.7 Å². The summed E-state index contributed by atoms with van der Waals surface area (Å²) in [5.74, 6) is 1.08. The van der Waals surface area contributed by atoms with Gasteiger partial charge in [0, 0.05) is 34.7 Å². The van der Waals surface area contributed by atoms with Crippen LogP contribution in [0.4, 0.5) is 0 Å². The highest BCUT2D eigenvalue weighted by Gasteiger charge is 2.11. The number of halogens is 1. The fourth-order valence-electron chi connectivity index (χ4n) is 2.32. The quantitative estimate of drug-likeness (QED) is 0.574. The molecule has 0 saturated carbocycles. The first-order chi connectivity index (χ1) is 11.8. The first-order valence-corrected chi connectivity index (χ1v) is 7.60. The summed E-state index contributed by atoms with van der Waals surface area (Å²) < 4.78 is 0. The number of nitrogens with zero attached hydrogens (tertiary/aromatic N) is 6. The van der Waals surface area contributed by atoms with Crippen molar-refractivity contribution >= 4 is 11.6 Å². The molecule has 0 atom stereocenters. The van der Waals surface area contributed by atoms with Crippen molar-refractivity contribution in [3.05, 3.63) is 72.1 Å². The van der Waals surface area contributed by atoms with Crippen molar-refractivity contribution in [3.8, 4) is 28.3 Å². The Bertz CT molecular complexity index is 969. The molecule has 0 aliphatic heterocycles. The fourth-order valence-corrected chi connectivity index (χ4v) is 2.55. The summed E-state index contributed by atoms with van der Waals surface area (Å²) in [6, 6.07) is 15.0. The van der Waals surface area contributed by atoms with Crippen LogP contribution in [0.5, 0.6) is 0 Å². The van der Waals surface area contributed by atoms with Gasteiger partial charge in [0.2, 0.25) is 5.82 Å². The highest BCUT2D eigenvalue weighted by molar-refractivity contribution is 6.31. The van der Waals surface area contributed by atoms with Crippen molar-refractivity contribution in [1.82, 2.24) is 30.2 Å². The molecule has 0 fully saturated rings. The summed E-state index contributed by atoms with van der Waals surface area (Å²) in [7, 11) is 0. The van der Waals surface area contributed by atoms with Crippen LogP contribution in [-0.4, -0.2) is 30.2 Å². The largest absolute Gasteiger partial charge is 0.264 e. The van der Waals surface area contributed by atoms with Crippen LogP contribution >= 0.6 is 11.6 Å². The van der Waals surface area contributed by atoms with Gasteiger partial charge in [-0.15, -0.1) is 15.0 Å². The van der Waals surface area contributed by atoms with Crippen LogP contribution in [0.1, 0.15) is 0 Å². The van der Waals surface area contributed by atoms with E-state index >= 15 is 0 Å². The van der Waals surface area contributed by atoms with Crippen molar-refractivity contribution in [2.24, 2.45) is 0 Å². The molecule has 116 valence electrons. The van der Waals surface area contributed by atoms with Crippen LogP contribution in [0.15, 0.2) is 67.1 Å². The Morgan fingerprint density at radius 1 is 0.875 bits per heavy atom. The molecule has 4 aromatic rings. The summed E-state index contributed by atoms with van der Waals surface area (Å²) in [6.45, 7) is 0. The second-order valence-electron chi connectivity index (χ2n) is 5.06. The Balaban J connectivity index is 1.75. The van der Waals surface area contributed by atoms with Gasteiger partial charge in [-0.1, -0.05) is 23.7 Å². The molecular formula is C17H11ClN6. The average Bonchev–Trinajstić information content (AvgIpc) is 3.13. The Labute approximate surface area is 142 Å². The number of pyridine rings is 2. The van der Waals surface area contributed by atoms with Gasteiger partial charge in [0.15, 0.2) is 5.82 Å². The Morgan fingerprint density at radius 3 is 2.58 bits per heavy atom. The van der Waals surface area contributed by atoms with E-state index < -0.39 is 0 Å². The molecule has 24 heavy (non-hydrogen) atoms. The van der Waals surface area contributed by atoms with Crippen LogP contribution in [0.3, 0.4) is 0 Å². The van der Waals surface area contributed by atoms with E-state index in [1.165, 1.54) is 4.80 Å². The van der Waals surface area contributed by atoms with E-state index in [4.69, 9.17) is 11.6 Å². The highest BCUT2D eigenvalue weighted by Crippen LogP contribution is 2.28. The monoisotopic (exact) mass is 334 g/mol. The minimum atomic E-state index is 0.480. The Hall–Kier alpha value is -3.12. The zero-order chi connectivity index (χ0) is 16.4. The maximum Gasteiger partial charge on any atom is 0.205 e. The van der Waals surface area contributed by atoms with Gasteiger partial charge in [-0.05, 0) is 47.2 Å². The molecule has 0 saturated heterocycles. The van der Waals surface area contributed by atoms with Gasteiger partial charge in [-0.2, -0.15) is 0 Å². The third-order valence-electron chi connectivity index (χ3n) is 3.42. The van der Waals surface area contributed by atoms with E-state index in [-0.39, 0.29) is 0 Å². The van der Waals surface area contributed by atoms with Crippen LogP contribution < -0.4 is 0 Å². The maximum absolute atomic E-state index is 6.26. The standard InChI is InChI=1S/C17H11ClN6/c18-15-9-13(12-4-3-6-19-11-12)8-14(10-15)17-21-23-24(22-17)16-5-1-2-7-20-16/h1-11H. The fraction of sp³-hybridized carbons (Fsp3) is 0. The maximum atomic E-state index is 6.26. The third-order valence-corrected chi connectivity index (χ3v) is 3.64. The van der Waals surface area contributed by atoms with E-state index in [9.17, 15) is 0 Å². The third kappa shape index (κ3) is 2.87. The molecule has 0 N–H and O–H groups in total. The summed E-state index contributed by atoms with van der Waals surface area (Å²) in [5, 5.41) is 13.1. The molecule has 6 nitrogen and oxygen atoms in total. The van der Waals surface area contributed by atoms with Gasteiger partial charge in [-0.25, -0.2) is 4.98 Å². The summed E-state index contributed by atoms with van der Waals surface area (Å²) >= 11 is 6.26. The molecule has 0 unspecified atom stereocenters. The first-order valence-electron chi connectivity index (χ1n) is 7.22. The van der Waals surface area contributed by atoms with Gasteiger partial charge >= 0.3 is 0 Å². The summed E-state index contributed by atoms with van der Waals surface area (Å²) in [5.41, 5.74) is 2.70. The first kappa shape index (κ1) is 14.5. The number of hydrogen-bond acceptors (Lipinski definition) is 5. The van der Waals surface area contributed by atoms with Crippen molar-refractivity contribution in [3.63, 3.8) is 0 Å². The number of rotatable bonds is 3. The second-order valence-corrected chi connectivity index (χ2v) is 5.50. The van der Waals surface area contributed by atoms with Crippen LogP contribution in [0.25, 0.3) is 28.3 Å². The SMILES string of the molecule is Clc1cc(-c2cccnc2)cc(-c2nnn(-c3ccccn3)n2)c1. The van der Waals surface area contributed by atoms with E-state index in [2.05, 4.69) is 25.4 Å². The van der Waals surface area contributed by atoms with E-state index in [1.54, 1.807) is 24.7 Å². The van der Waals surface area contributed by atoms with Crippen molar-refractivity contribution < 1.29 is 0 Å². The van der Waals surface area contributed by atoms with Gasteiger partial charge < -0.3 is 0 Å². The van der Waals surface area contributed by atoms with Crippen molar-refractivity contribution in [2.75, 3.05) is 0 Å². The topological polar surface area (TPSA) is 69.4 Å². The molecule has 7 heteroatoms. The van der Waals surface area contributed by atoms with E-state index in [0.717, 1.165) is 16.7 Å². The normalized spacial score (nSPS) is 10.7. The van der Waals surface area contributed by atoms with Gasteiger partial charge in [0.05, 0.1) is 0 Å². The predicted molar refractivity (Wildman–Crippen MR) is 90.6 cm³/mol. The molecule has 0 amide bonds. The zero-order valence-electron chi connectivity index (χ0n) is 12.4. The van der Waals surface area contributed by atoms with Crippen LogP contribution in [0.2, 0.25) is 5.02 Å². The smallest absolute Gasteiger partial charge is 0.205 e. The Kier molecular flexibility index (Phi) is 3.72. The minimum absolute atomic E-state index is 0.480. The summed E-state index contributed by atoms with van der Waals surface area (Å²) in [4.78, 5) is 9.73. The lowest BCUT2D eigenvalue weighted by Crippen LogP contribution is -2.00. The lowest BCUT2D eigenvalue weighted by Gasteiger charge is -2.04. The molecule has 0 aliphatic carbocycles. The van der Waals surface area contributed by atoms with Gasteiger partial charge in [0.25, 0.3) is 0 Å². The zero-order valence-corrected chi connectivity index (χ0v) is 13.2. The van der Waals surface area contributed by atoms with Crippen molar-refractivity contribution in [2.45, 2.75) is 0 Å². The molecule has 0 aliphatic rings. The van der Waals surface area contributed by atoms with E-state index in [1.807, 2.05) is 42.5 Å². The minimum Gasteiger partial charge on any atom is -0.264 e. The predicted octanol–water partition coefficient (Wildman–Crippen LogP) is 3.44. The highest BCUT2D eigenvalue weighted by atomic mass is 35.5. The van der Waals surface area contributed by atoms with Crippen molar-refractivity contribution in [1.29, 1.82) is 0 Å². The number of tetrazole rings is 1. The molecule has 1 aromatic carbocycles. The lowest BCUT2D eigenvalue weighted by atomic mass is 10.0. The Morgan fingerprint density at radius 2 is 1.79 bits per heavy atom.